The van der Waals surface area contributed by atoms with Crippen LogP contribution in [0.15, 0.2) is 121 Å². The molecule has 4 aromatic carbocycles. The number of aliphatic carboxylic acids is 1. The summed E-state index contributed by atoms with van der Waals surface area (Å²) >= 11 is 0. The first-order chi connectivity index (χ1) is 26.6. The predicted octanol–water partition coefficient (Wildman–Crippen LogP) is 8.27. The fourth-order valence-corrected chi connectivity index (χ4v) is 6.52. The first-order valence-corrected chi connectivity index (χ1v) is 19.1. The minimum atomic E-state index is -1.12. The Balaban J connectivity index is 1.38. The molecule has 0 unspecified atom stereocenters. The minimum Gasteiger partial charge on any atom is -0.480 e. The van der Waals surface area contributed by atoms with Crippen molar-refractivity contribution < 1.29 is 43.1 Å². The van der Waals surface area contributed by atoms with Gasteiger partial charge < -0.3 is 38.8 Å². The summed E-state index contributed by atoms with van der Waals surface area (Å²) in [5.74, 6) is -1.12. The van der Waals surface area contributed by atoms with Gasteiger partial charge in [0.15, 0.2) is 0 Å². The van der Waals surface area contributed by atoms with Crippen molar-refractivity contribution in [2.24, 2.45) is 0 Å². The molecule has 1 amide bonds. The van der Waals surface area contributed by atoms with Gasteiger partial charge in [-0.15, -0.1) is 0 Å². The van der Waals surface area contributed by atoms with Crippen LogP contribution in [0, 0.1) is 0 Å². The summed E-state index contributed by atoms with van der Waals surface area (Å²) in [6.45, 7) is 6.86. The smallest absolute Gasteiger partial charge is 0.408 e. The molecular weight excluding hydrogens is 698 g/mol. The van der Waals surface area contributed by atoms with Crippen molar-refractivity contribution in [1.29, 1.82) is 0 Å². The molecule has 1 saturated heterocycles. The first-order valence-electron chi connectivity index (χ1n) is 19.1. The van der Waals surface area contributed by atoms with Crippen LogP contribution in [0.3, 0.4) is 0 Å². The standard InChI is InChI=1S/C45H55NO9/c1-45(2,3)55-44(49)46-37(43(47)48)26-16-17-27-38-40(51-29-34-20-10-5-11-21-34)42(53-31-36-24-14-7-15-25-36)41(52-30-35-22-12-6-13-23-35)39(54-38)32-50-28-33-18-8-4-9-19-33/h4-15,18-25,37-42H,16-17,26-32H2,1-3H3,(H,46,49)(H,47,48)/t37-,38-,39+,40-,41-,42+/m0/s1. The third-order valence-corrected chi connectivity index (χ3v) is 9.20. The molecule has 1 fully saturated rings. The molecule has 10 nitrogen and oxygen atoms in total. The van der Waals surface area contributed by atoms with Crippen LogP contribution in [0.2, 0.25) is 0 Å². The number of hydrogen-bond acceptors (Lipinski definition) is 8. The second-order valence-corrected chi connectivity index (χ2v) is 14.8. The topological polar surface area (TPSA) is 122 Å². The van der Waals surface area contributed by atoms with Crippen molar-refractivity contribution in [2.75, 3.05) is 6.61 Å². The Morgan fingerprint density at radius 3 is 1.53 bits per heavy atom. The van der Waals surface area contributed by atoms with Crippen molar-refractivity contribution in [3.8, 4) is 0 Å². The number of carboxylic acids is 1. The number of alkyl carbamates (subject to hydrolysis) is 1. The van der Waals surface area contributed by atoms with Crippen LogP contribution in [0.25, 0.3) is 0 Å². The van der Waals surface area contributed by atoms with E-state index in [0.29, 0.717) is 45.7 Å². The zero-order valence-corrected chi connectivity index (χ0v) is 32.1. The molecule has 294 valence electrons. The van der Waals surface area contributed by atoms with E-state index < -0.39 is 54.2 Å². The third kappa shape index (κ3) is 14.2. The highest BCUT2D eigenvalue weighted by atomic mass is 16.6. The molecule has 4 aromatic rings. The summed E-state index contributed by atoms with van der Waals surface area (Å²) in [6.07, 6.45) is -1.45. The van der Waals surface area contributed by atoms with Crippen LogP contribution in [0.5, 0.6) is 0 Å². The molecule has 1 aliphatic heterocycles. The van der Waals surface area contributed by atoms with E-state index in [2.05, 4.69) is 5.32 Å². The molecule has 2 N–H and O–H groups in total. The van der Waals surface area contributed by atoms with Gasteiger partial charge in [-0.3, -0.25) is 0 Å². The van der Waals surface area contributed by atoms with Crippen LogP contribution in [0.4, 0.5) is 4.79 Å². The van der Waals surface area contributed by atoms with Gasteiger partial charge in [-0.1, -0.05) is 134 Å². The molecule has 55 heavy (non-hydrogen) atoms. The minimum absolute atomic E-state index is 0.219. The van der Waals surface area contributed by atoms with Crippen molar-refractivity contribution in [3.63, 3.8) is 0 Å². The number of carbonyl (C=O) groups is 2. The van der Waals surface area contributed by atoms with Gasteiger partial charge in [0.2, 0.25) is 0 Å². The maximum Gasteiger partial charge on any atom is 0.408 e. The lowest BCUT2D eigenvalue weighted by molar-refractivity contribution is -0.273. The summed E-state index contributed by atoms with van der Waals surface area (Å²) in [5, 5.41) is 12.4. The molecule has 1 aliphatic rings. The molecule has 5 rings (SSSR count). The molecule has 1 heterocycles. The van der Waals surface area contributed by atoms with E-state index in [1.807, 2.05) is 121 Å². The number of unbranched alkanes of at least 4 members (excludes halogenated alkanes) is 1. The SMILES string of the molecule is CC(C)(C)OC(=O)N[C@@H](CCCC[C@@H]1O[C@H](COCc2ccccc2)[C@H](OCc2ccccc2)[C@H](OCc2ccccc2)[C@H]1OCc1ccccc1)C(=O)O. The number of benzene rings is 4. The van der Waals surface area contributed by atoms with Gasteiger partial charge in [0, 0.05) is 0 Å². The molecule has 6 atom stereocenters. The molecule has 0 saturated carbocycles. The van der Waals surface area contributed by atoms with Crippen LogP contribution in [-0.2, 0) is 59.6 Å². The maximum atomic E-state index is 12.4. The second kappa shape index (κ2) is 21.5. The highest BCUT2D eigenvalue weighted by Crippen LogP contribution is 2.33. The van der Waals surface area contributed by atoms with E-state index in [9.17, 15) is 14.7 Å². The average Bonchev–Trinajstić information content (AvgIpc) is 3.18. The van der Waals surface area contributed by atoms with Crippen LogP contribution < -0.4 is 5.32 Å². The van der Waals surface area contributed by atoms with E-state index in [-0.39, 0.29) is 13.0 Å². The Bertz CT molecular complexity index is 1690. The molecule has 0 aliphatic carbocycles. The number of amides is 1. The molecule has 0 bridgehead atoms. The summed E-state index contributed by atoms with van der Waals surface area (Å²) in [6, 6.07) is 38.9. The lowest BCUT2D eigenvalue weighted by atomic mass is 9.91. The Morgan fingerprint density at radius 2 is 1.07 bits per heavy atom. The lowest BCUT2D eigenvalue weighted by Gasteiger charge is -2.46. The molecule has 10 heteroatoms. The van der Waals surface area contributed by atoms with Crippen molar-refractivity contribution in [3.05, 3.63) is 144 Å². The Morgan fingerprint density at radius 1 is 0.636 bits per heavy atom. The van der Waals surface area contributed by atoms with Crippen molar-refractivity contribution in [1.82, 2.24) is 5.32 Å². The fourth-order valence-electron chi connectivity index (χ4n) is 6.52. The number of ether oxygens (including phenoxy) is 6. The van der Waals surface area contributed by atoms with E-state index in [1.165, 1.54) is 0 Å². The van der Waals surface area contributed by atoms with Crippen LogP contribution in [0.1, 0.15) is 68.7 Å². The van der Waals surface area contributed by atoms with E-state index in [4.69, 9.17) is 28.4 Å². The summed E-state index contributed by atoms with van der Waals surface area (Å²) in [7, 11) is 0. The van der Waals surface area contributed by atoms with Crippen molar-refractivity contribution >= 4 is 12.1 Å². The second-order valence-electron chi connectivity index (χ2n) is 14.8. The summed E-state index contributed by atoms with van der Waals surface area (Å²) in [5.41, 5.74) is 3.35. The molecular formula is C45H55NO9. The Kier molecular flexibility index (Phi) is 16.2. The van der Waals surface area contributed by atoms with Gasteiger partial charge in [0.25, 0.3) is 0 Å². The average molecular weight is 754 g/mol. The predicted molar refractivity (Wildman–Crippen MR) is 209 cm³/mol. The Hall–Kier alpha value is -4.58. The normalized spacial score (nSPS) is 20.4. The van der Waals surface area contributed by atoms with E-state index >= 15 is 0 Å². The summed E-state index contributed by atoms with van der Waals surface area (Å²) < 4.78 is 38.9. The van der Waals surface area contributed by atoms with Crippen LogP contribution >= 0.6 is 0 Å². The highest BCUT2D eigenvalue weighted by molar-refractivity contribution is 5.79. The van der Waals surface area contributed by atoms with Crippen molar-refractivity contribution in [2.45, 2.75) is 115 Å². The molecule has 0 aromatic heterocycles. The number of carboxylic acid groups (broad SMARTS) is 1. The first kappa shape index (κ1) is 41.6. The summed E-state index contributed by atoms with van der Waals surface area (Å²) in [4.78, 5) is 24.5. The molecule has 0 spiro atoms. The van der Waals surface area contributed by atoms with Gasteiger partial charge in [0.1, 0.15) is 36.1 Å². The third-order valence-electron chi connectivity index (χ3n) is 9.20. The Labute approximate surface area is 325 Å². The zero-order valence-electron chi connectivity index (χ0n) is 32.1. The van der Waals surface area contributed by atoms with Gasteiger partial charge in [-0.2, -0.15) is 0 Å². The fraction of sp³-hybridized carbons (Fsp3) is 0.422. The van der Waals surface area contributed by atoms with Gasteiger partial charge >= 0.3 is 12.1 Å². The van der Waals surface area contributed by atoms with Crippen LogP contribution in [-0.4, -0.2) is 65.9 Å². The quantitative estimate of drug-likeness (QED) is 0.0860. The lowest BCUT2D eigenvalue weighted by Crippen LogP contribution is -2.61. The highest BCUT2D eigenvalue weighted by Gasteiger charge is 2.48. The van der Waals surface area contributed by atoms with E-state index in [1.54, 1.807) is 20.8 Å². The number of hydrogen-bond donors (Lipinski definition) is 2. The number of nitrogens with one attached hydrogen (secondary N) is 1. The monoisotopic (exact) mass is 753 g/mol. The van der Waals surface area contributed by atoms with Gasteiger partial charge in [-0.25, -0.2) is 9.59 Å². The molecule has 0 radical (unpaired) electrons. The largest absolute Gasteiger partial charge is 0.480 e. The maximum absolute atomic E-state index is 12.4. The number of rotatable bonds is 20. The zero-order chi connectivity index (χ0) is 38.9. The van der Waals surface area contributed by atoms with E-state index in [0.717, 1.165) is 22.3 Å². The van der Waals surface area contributed by atoms with Gasteiger partial charge in [-0.05, 0) is 55.9 Å². The number of carbonyl (C=O) groups excluding carboxylic acids is 1. The van der Waals surface area contributed by atoms with Gasteiger partial charge in [0.05, 0.1) is 39.1 Å².